The second kappa shape index (κ2) is 30.9. The highest BCUT2D eigenvalue weighted by Gasteiger charge is 2.81. The van der Waals surface area contributed by atoms with Crippen LogP contribution < -0.4 is 0 Å². The normalized spacial score (nSPS) is 46.5. The van der Waals surface area contributed by atoms with E-state index in [2.05, 4.69) is 6.92 Å². The molecule has 0 spiro atoms. The predicted molar refractivity (Wildman–Crippen MR) is 336 cm³/mol. The molecular formula is C70H108O24. The van der Waals surface area contributed by atoms with Crippen LogP contribution in [0.2, 0.25) is 0 Å². The highest BCUT2D eigenvalue weighted by atomic mass is 16.7. The van der Waals surface area contributed by atoms with Crippen LogP contribution in [0.25, 0.3) is 6.08 Å². The number of ketones is 1. The number of benzene rings is 1. The summed E-state index contributed by atoms with van der Waals surface area (Å²) in [6.45, 7) is 14.5. The third-order valence-corrected chi connectivity index (χ3v) is 23.7. The van der Waals surface area contributed by atoms with Gasteiger partial charge >= 0.3 is 5.97 Å². The number of fused-ring (bicyclic) bond motifs is 5. The number of aliphatic hydroxyl groups is 7. The van der Waals surface area contributed by atoms with Crippen LogP contribution in [0.4, 0.5) is 0 Å². The van der Waals surface area contributed by atoms with Crippen molar-refractivity contribution in [3.63, 3.8) is 0 Å². The fourth-order valence-corrected chi connectivity index (χ4v) is 17.9. The van der Waals surface area contributed by atoms with E-state index in [1.807, 2.05) is 64.1 Å². The molecule has 0 bridgehead atoms. The van der Waals surface area contributed by atoms with Gasteiger partial charge in [-0.25, -0.2) is 4.79 Å². The van der Waals surface area contributed by atoms with E-state index in [0.717, 1.165) is 11.1 Å². The minimum atomic E-state index is -2.05. The molecule has 24 heteroatoms. The molecular weight excluding hydrogens is 1220 g/mol. The number of methoxy groups -OCH3 is 4. The molecule has 5 heterocycles. The minimum Gasteiger partial charge on any atom is -0.458 e. The highest BCUT2D eigenvalue weighted by Crippen LogP contribution is 2.71. The lowest BCUT2D eigenvalue weighted by Crippen LogP contribution is -2.78. The number of rotatable bonds is 25. The molecule has 1 aromatic carbocycles. The maximum Gasteiger partial charge on any atom is 0.331 e. The Morgan fingerprint density at radius 1 is 0.628 bits per heavy atom. The number of carbonyl (C=O) groups is 2. The molecule has 5 saturated heterocycles. The number of hydrogen-bond donors (Lipinski definition) is 7. The lowest BCUT2D eigenvalue weighted by molar-refractivity contribution is -0.333. The van der Waals surface area contributed by atoms with Gasteiger partial charge in [-0.3, -0.25) is 4.79 Å². The number of hydrogen-bond acceptors (Lipinski definition) is 24. The largest absolute Gasteiger partial charge is 0.458 e. The summed E-state index contributed by atoms with van der Waals surface area (Å²) in [6, 6.07) is 9.31. The lowest BCUT2D eigenvalue weighted by Gasteiger charge is -2.67. The third kappa shape index (κ3) is 14.5. The first-order chi connectivity index (χ1) is 44.8. The van der Waals surface area contributed by atoms with E-state index < -0.39 is 113 Å². The average Bonchev–Trinajstić information content (AvgIpc) is 1.38. The van der Waals surface area contributed by atoms with Gasteiger partial charge in [0.1, 0.15) is 53.4 Å². The fraction of sp³-hybridized carbons (Fsp3) is 0.829. The Bertz CT molecular complexity index is 2700. The van der Waals surface area contributed by atoms with Gasteiger partial charge in [-0.15, -0.1) is 0 Å². The van der Waals surface area contributed by atoms with Crippen molar-refractivity contribution in [3.05, 3.63) is 53.6 Å². The van der Waals surface area contributed by atoms with Crippen molar-refractivity contribution in [2.75, 3.05) is 74.7 Å². The predicted octanol–water partition coefficient (Wildman–Crippen LogP) is 3.93. The average molecular weight is 1330 g/mol. The van der Waals surface area contributed by atoms with Crippen LogP contribution in [0.15, 0.2) is 48.1 Å². The van der Waals surface area contributed by atoms with Gasteiger partial charge in [-0.2, -0.15) is 0 Å². The summed E-state index contributed by atoms with van der Waals surface area (Å²) < 4.78 is 93.6. The van der Waals surface area contributed by atoms with Crippen LogP contribution in [-0.4, -0.2) is 261 Å². The Balaban J connectivity index is 0.652. The van der Waals surface area contributed by atoms with Gasteiger partial charge in [-0.05, 0) is 104 Å². The van der Waals surface area contributed by atoms with Crippen molar-refractivity contribution in [3.8, 4) is 0 Å². The fourth-order valence-electron chi connectivity index (χ4n) is 17.9. The molecule has 0 radical (unpaired) electrons. The maximum atomic E-state index is 13.7. The minimum absolute atomic E-state index is 0.0345. The Hall–Kier alpha value is -3.00. The lowest BCUT2D eigenvalue weighted by atomic mass is 9.42. The summed E-state index contributed by atoms with van der Waals surface area (Å²) in [5.74, 6) is -1.97. The first-order valence-electron chi connectivity index (χ1n) is 34.2. The zero-order valence-corrected chi connectivity index (χ0v) is 56.8. The first kappa shape index (κ1) is 73.7. The van der Waals surface area contributed by atoms with Gasteiger partial charge in [0.15, 0.2) is 18.4 Å². The van der Waals surface area contributed by atoms with Crippen molar-refractivity contribution in [2.24, 2.45) is 34.5 Å². The summed E-state index contributed by atoms with van der Waals surface area (Å²) >= 11 is 0. The number of esters is 1. The molecule has 4 aliphatic carbocycles. The summed E-state index contributed by atoms with van der Waals surface area (Å²) in [5.41, 5.74) is -6.21. The van der Waals surface area contributed by atoms with E-state index in [1.165, 1.54) is 13.0 Å². The van der Waals surface area contributed by atoms with Gasteiger partial charge in [-0.1, -0.05) is 48.9 Å². The topological polar surface area (TPSA) is 314 Å². The summed E-state index contributed by atoms with van der Waals surface area (Å²) in [7, 11) is 6.67. The number of carbonyl (C=O) groups excluding carboxylic acids is 2. The van der Waals surface area contributed by atoms with Crippen LogP contribution in [0.5, 0.6) is 0 Å². The second-order valence-electron chi connectivity index (χ2n) is 28.8. The van der Waals surface area contributed by atoms with Crippen molar-refractivity contribution in [1.29, 1.82) is 0 Å². The van der Waals surface area contributed by atoms with Gasteiger partial charge in [0.05, 0.1) is 125 Å². The van der Waals surface area contributed by atoms with Crippen LogP contribution in [0.3, 0.4) is 0 Å². The van der Waals surface area contributed by atoms with E-state index in [0.29, 0.717) is 78.0 Å². The van der Waals surface area contributed by atoms with Gasteiger partial charge in [0, 0.05) is 83.9 Å². The summed E-state index contributed by atoms with van der Waals surface area (Å²) in [6.07, 6.45) is -3.44. The molecule has 10 rings (SSSR count). The van der Waals surface area contributed by atoms with Crippen LogP contribution >= 0.6 is 0 Å². The maximum absolute atomic E-state index is 13.7. The summed E-state index contributed by atoms with van der Waals surface area (Å²) in [4.78, 5) is 27.0. The molecule has 9 aliphatic rings. The molecule has 29 atom stereocenters. The van der Waals surface area contributed by atoms with Crippen molar-refractivity contribution < 1.29 is 116 Å². The molecule has 532 valence electrons. The van der Waals surface area contributed by atoms with Gasteiger partial charge in [0.2, 0.25) is 0 Å². The van der Waals surface area contributed by atoms with E-state index >= 15 is 0 Å². The van der Waals surface area contributed by atoms with Gasteiger partial charge in [0.25, 0.3) is 0 Å². The molecule has 7 N–H and O–H groups in total. The Labute approximate surface area is 553 Å². The number of aliphatic hydroxyl groups excluding tert-OH is 4. The smallest absolute Gasteiger partial charge is 0.331 e. The Kier molecular flexibility index (Phi) is 24.2. The van der Waals surface area contributed by atoms with E-state index in [9.17, 15) is 45.3 Å². The quantitative estimate of drug-likeness (QED) is 0.0414. The van der Waals surface area contributed by atoms with Crippen molar-refractivity contribution in [2.45, 2.75) is 258 Å². The number of ether oxygens (including phenoxy) is 15. The van der Waals surface area contributed by atoms with Crippen LogP contribution in [0.1, 0.15) is 125 Å². The molecule has 0 amide bonds. The SMILES string of the molecule is CO[C@H]1C[C@H](COC[C@H]2[C@@H](OC)C[C@H](O[C@H]3CC[C@@]4(C)C(=CC[C@]5(O)[C@@H]4C[C@@H](OC(=O)/C=C/c4ccccc4)[C@@]4(C)[C@]5(O)CC[C@@]4(O)C(C)=O)C3)O[C@@H]2C)O[C@@H](C)[C@H]1COC[C@H]1C[C@H](OC)[C@H](COC[C@H]2C[C@@H](OC)[C@@H](O[C@H]3O[C@@H](CO)[C@H](O)[C@@H](O)[C@@H]3O)[C@H](C)O2)[C@@H](C)O1. The second-order valence-corrected chi connectivity index (χ2v) is 28.8. The Morgan fingerprint density at radius 3 is 1.72 bits per heavy atom. The molecule has 1 aromatic rings. The molecule has 5 aliphatic heterocycles. The van der Waals surface area contributed by atoms with Crippen molar-refractivity contribution >= 4 is 17.8 Å². The molecule has 0 unspecified atom stereocenters. The third-order valence-electron chi connectivity index (χ3n) is 23.7. The zero-order valence-electron chi connectivity index (χ0n) is 56.8. The van der Waals surface area contributed by atoms with Crippen LogP contribution in [-0.2, 0) is 80.6 Å². The molecule has 0 aromatic heterocycles. The first-order valence-corrected chi connectivity index (χ1v) is 34.2. The molecule has 94 heavy (non-hydrogen) atoms. The standard InChI is InChI=1S/C70H108O24/c1-38-49(35-84-32-46-26-53(81-9)50(39(2)87-46)36-86-34-48-28-55(83-11)64(41(4)89-48)94-65-63(76)62(75)61(74)56(31-71)92-65)52(80-8)27-47(88-38)33-85-37-51-40(3)90-60(29-54(51)82-10)91-45-20-21-66(6)44(25-45)19-22-69(78)57(66)30-58(93-59(73)18-17-43-15-13-12-14-16-43)67(7)68(77,42(5)72)23-24-70(67,69)79/h12-19,38-41,45-58,60-65,71,74-79H,20-37H2,1-11H3/b18-17+/t38-,39+,40+,41-,45-,46+,47+,48+,49+,50+,51+,52-,53-,54-,55+,56-,57+,58+,60-,61-,62+,63-,64-,65+,66-,67+,68+,69-,70+/m0/s1. The highest BCUT2D eigenvalue weighted by molar-refractivity contribution is 5.89. The van der Waals surface area contributed by atoms with E-state index in [-0.39, 0.29) is 111 Å². The zero-order chi connectivity index (χ0) is 67.7. The Morgan fingerprint density at radius 2 is 1.17 bits per heavy atom. The number of Topliss-reactive ketones (excluding diaryl/α,β-unsaturated/α-hetero) is 1. The van der Waals surface area contributed by atoms with Gasteiger partial charge < -0.3 is 107 Å². The van der Waals surface area contributed by atoms with Crippen molar-refractivity contribution in [1.82, 2.24) is 0 Å². The molecule has 8 fully saturated rings. The van der Waals surface area contributed by atoms with E-state index in [4.69, 9.17) is 71.1 Å². The van der Waals surface area contributed by atoms with E-state index in [1.54, 1.807) is 41.4 Å². The molecule has 3 saturated carbocycles. The molecule has 24 nitrogen and oxygen atoms in total. The summed E-state index contributed by atoms with van der Waals surface area (Å²) in [5, 5.41) is 78.9. The monoisotopic (exact) mass is 1330 g/mol. The van der Waals surface area contributed by atoms with Crippen LogP contribution in [0, 0.1) is 34.5 Å².